The molecular formula is C16H13F3N2O. The van der Waals surface area contributed by atoms with Gasteiger partial charge in [0.25, 0.3) is 0 Å². The molecule has 2 atom stereocenters. The molecule has 0 radical (unpaired) electrons. The molecule has 2 aromatic rings. The number of hydrogen-bond donors (Lipinski definition) is 1. The normalized spacial score (nSPS) is 21.6. The van der Waals surface area contributed by atoms with Crippen LogP contribution in [-0.2, 0) is 11.0 Å². The second-order valence-corrected chi connectivity index (χ2v) is 5.13. The lowest BCUT2D eigenvalue weighted by Crippen LogP contribution is -2.63. The standard InChI is InChI=1S/C16H13F3N2O/c17-16(18,19)11-6-8-12(9-7-11)21-14(13(20)15(21)22)10-4-2-1-3-5-10/h1-9,13-14H,20H2/t13-,14+/m1/s1. The number of benzene rings is 2. The maximum atomic E-state index is 12.6. The molecule has 2 aromatic carbocycles. The van der Waals surface area contributed by atoms with Crippen molar-refractivity contribution >= 4 is 11.6 Å². The molecule has 1 saturated heterocycles. The summed E-state index contributed by atoms with van der Waals surface area (Å²) in [5.74, 6) is -0.298. The highest BCUT2D eigenvalue weighted by molar-refractivity contribution is 6.05. The lowest BCUT2D eigenvalue weighted by atomic mass is 9.88. The Kier molecular flexibility index (Phi) is 3.41. The van der Waals surface area contributed by atoms with Crippen molar-refractivity contribution in [3.63, 3.8) is 0 Å². The Morgan fingerprint density at radius 3 is 2.09 bits per heavy atom. The zero-order valence-corrected chi connectivity index (χ0v) is 11.4. The third kappa shape index (κ3) is 2.35. The number of nitrogens with zero attached hydrogens (tertiary/aromatic N) is 1. The van der Waals surface area contributed by atoms with E-state index in [0.29, 0.717) is 5.69 Å². The van der Waals surface area contributed by atoms with Gasteiger partial charge in [0.05, 0.1) is 11.6 Å². The first kappa shape index (κ1) is 14.6. The summed E-state index contributed by atoms with van der Waals surface area (Å²) in [6, 6.07) is 12.7. The molecule has 2 N–H and O–H groups in total. The fourth-order valence-electron chi connectivity index (χ4n) is 2.62. The van der Waals surface area contributed by atoms with Gasteiger partial charge in [0.15, 0.2) is 0 Å². The molecule has 3 rings (SSSR count). The van der Waals surface area contributed by atoms with E-state index in [9.17, 15) is 18.0 Å². The Morgan fingerprint density at radius 2 is 1.55 bits per heavy atom. The highest BCUT2D eigenvalue weighted by atomic mass is 19.4. The van der Waals surface area contributed by atoms with Crippen LogP contribution in [0.15, 0.2) is 54.6 Å². The number of β-lactam (4-membered cyclic amide) rings is 1. The summed E-state index contributed by atoms with van der Waals surface area (Å²) in [6.45, 7) is 0. The molecule has 6 heteroatoms. The molecule has 1 amide bonds. The number of carbonyl (C=O) groups excluding carboxylic acids is 1. The maximum Gasteiger partial charge on any atom is 0.416 e. The summed E-state index contributed by atoms with van der Waals surface area (Å²) in [6.07, 6.45) is -4.40. The molecule has 0 saturated carbocycles. The third-order valence-electron chi connectivity index (χ3n) is 3.75. The van der Waals surface area contributed by atoms with Crippen LogP contribution in [0.2, 0.25) is 0 Å². The van der Waals surface area contributed by atoms with Crippen molar-refractivity contribution in [2.45, 2.75) is 18.3 Å². The van der Waals surface area contributed by atoms with E-state index in [0.717, 1.165) is 17.7 Å². The number of anilines is 1. The Labute approximate surface area is 125 Å². The average Bonchev–Trinajstić information content (AvgIpc) is 2.51. The summed E-state index contributed by atoms with van der Waals surface area (Å²) in [5, 5.41) is 0. The van der Waals surface area contributed by atoms with Crippen LogP contribution in [0.5, 0.6) is 0 Å². The van der Waals surface area contributed by atoms with Gasteiger partial charge < -0.3 is 10.6 Å². The SMILES string of the molecule is N[C@H]1C(=O)N(c2ccc(C(F)(F)F)cc2)[C@H]1c1ccccc1. The first-order valence-corrected chi connectivity index (χ1v) is 6.70. The quantitative estimate of drug-likeness (QED) is 0.867. The lowest BCUT2D eigenvalue weighted by molar-refractivity contribution is -0.137. The summed E-state index contributed by atoms with van der Waals surface area (Å²) < 4.78 is 37.8. The van der Waals surface area contributed by atoms with Crippen LogP contribution in [0.4, 0.5) is 18.9 Å². The number of rotatable bonds is 2. The van der Waals surface area contributed by atoms with E-state index in [2.05, 4.69) is 0 Å². The van der Waals surface area contributed by atoms with E-state index < -0.39 is 17.8 Å². The predicted molar refractivity (Wildman–Crippen MR) is 76.1 cm³/mol. The van der Waals surface area contributed by atoms with Crippen molar-refractivity contribution in [2.24, 2.45) is 5.73 Å². The van der Waals surface area contributed by atoms with Gasteiger partial charge in [-0.25, -0.2) is 0 Å². The molecule has 114 valence electrons. The van der Waals surface area contributed by atoms with Gasteiger partial charge in [-0.15, -0.1) is 0 Å². The second kappa shape index (κ2) is 5.14. The van der Waals surface area contributed by atoms with Gasteiger partial charge in [0, 0.05) is 5.69 Å². The van der Waals surface area contributed by atoms with E-state index in [4.69, 9.17) is 5.73 Å². The fourth-order valence-corrected chi connectivity index (χ4v) is 2.62. The van der Waals surface area contributed by atoms with Crippen molar-refractivity contribution < 1.29 is 18.0 Å². The molecule has 0 spiro atoms. The van der Waals surface area contributed by atoms with Gasteiger partial charge in [0.1, 0.15) is 6.04 Å². The van der Waals surface area contributed by atoms with Gasteiger partial charge in [-0.2, -0.15) is 13.2 Å². The summed E-state index contributed by atoms with van der Waals surface area (Å²) in [5.41, 5.74) is 6.38. The minimum Gasteiger partial charge on any atom is -0.318 e. The molecule has 1 aliphatic rings. The number of hydrogen-bond acceptors (Lipinski definition) is 2. The van der Waals surface area contributed by atoms with Crippen LogP contribution >= 0.6 is 0 Å². The lowest BCUT2D eigenvalue weighted by Gasteiger charge is -2.45. The number of nitrogens with two attached hydrogens (primary N) is 1. The molecule has 0 bridgehead atoms. The van der Waals surface area contributed by atoms with Crippen molar-refractivity contribution in [2.75, 3.05) is 4.90 Å². The molecular weight excluding hydrogens is 293 g/mol. The molecule has 1 aliphatic heterocycles. The Bertz CT molecular complexity index is 683. The minimum atomic E-state index is -4.40. The van der Waals surface area contributed by atoms with Crippen LogP contribution in [-0.4, -0.2) is 11.9 Å². The second-order valence-electron chi connectivity index (χ2n) is 5.13. The van der Waals surface area contributed by atoms with Gasteiger partial charge in [-0.3, -0.25) is 4.79 Å². The third-order valence-corrected chi connectivity index (χ3v) is 3.75. The van der Waals surface area contributed by atoms with Gasteiger partial charge in [0.2, 0.25) is 5.91 Å². The Balaban J connectivity index is 1.91. The van der Waals surface area contributed by atoms with Crippen LogP contribution in [0.1, 0.15) is 17.2 Å². The fraction of sp³-hybridized carbons (Fsp3) is 0.188. The zero-order chi connectivity index (χ0) is 15.9. The molecule has 0 aromatic heterocycles. The van der Waals surface area contributed by atoms with Crippen LogP contribution < -0.4 is 10.6 Å². The van der Waals surface area contributed by atoms with E-state index in [-0.39, 0.29) is 11.9 Å². The Hall–Kier alpha value is -2.34. The number of alkyl halides is 3. The summed E-state index contributed by atoms with van der Waals surface area (Å²) in [7, 11) is 0. The monoisotopic (exact) mass is 306 g/mol. The first-order chi connectivity index (χ1) is 10.4. The van der Waals surface area contributed by atoms with Crippen molar-refractivity contribution in [1.29, 1.82) is 0 Å². The molecule has 0 aliphatic carbocycles. The number of halogens is 3. The van der Waals surface area contributed by atoms with Crippen LogP contribution in [0, 0.1) is 0 Å². The first-order valence-electron chi connectivity index (χ1n) is 6.70. The van der Waals surface area contributed by atoms with Crippen molar-refractivity contribution in [3.8, 4) is 0 Å². The average molecular weight is 306 g/mol. The number of amides is 1. The number of carbonyl (C=O) groups is 1. The molecule has 0 unspecified atom stereocenters. The molecule has 22 heavy (non-hydrogen) atoms. The highest BCUT2D eigenvalue weighted by Gasteiger charge is 2.46. The van der Waals surface area contributed by atoms with E-state index in [1.54, 1.807) is 0 Å². The highest BCUT2D eigenvalue weighted by Crippen LogP contribution is 2.39. The van der Waals surface area contributed by atoms with Gasteiger partial charge >= 0.3 is 6.18 Å². The van der Waals surface area contributed by atoms with E-state index >= 15 is 0 Å². The summed E-state index contributed by atoms with van der Waals surface area (Å²) in [4.78, 5) is 13.4. The topological polar surface area (TPSA) is 46.3 Å². The van der Waals surface area contributed by atoms with Crippen LogP contribution in [0.25, 0.3) is 0 Å². The largest absolute Gasteiger partial charge is 0.416 e. The smallest absolute Gasteiger partial charge is 0.318 e. The van der Waals surface area contributed by atoms with Crippen molar-refractivity contribution in [3.05, 3.63) is 65.7 Å². The van der Waals surface area contributed by atoms with Crippen LogP contribution in [0.3, 0.4) is 0 Å². The summed E-state index contributed by atoms with van der Waals surface area (Å²) >= 11 is 0. The molecule has 3 nitrogen and oxygen atoms in total. The molecule has 1 fully saturated rings. The van der Waals surface area contributed by atoms with Gasteiger partial charge in [-0.05, 0) is 29.8 Å². The minimum absolute atomic E-state index is 0.298. The van der Waals surface area contributed by atoms with E-state index in [1.165, 1.54) is 17.0 Å². The predicted octanol–water partition coefficient (Wildman–Crippen LogP) is 3.12. The maximum absolute atomic E-state index is 12.6. The van der Waals surface area contributed by atoms with Crippen molar-refractivity contribution in [1.82, 2.24) is 0 Å². The van der Waals surface area contributed by atoms with E-state index in [1.807, 2.05) is 30.3 Å². The zero-order valence-electron chi connectivity index (χ0n) is 11.4. The van der Waals surface area contributed by atoms with Gasteiger partial charge in [-0.1, -0.05) is 30.3 Å². The molecule has 1 heterocycles. The Morgan fingerprint density at radius 1 is 0.955 bits per heavy atom.